The molecule has 3 saturated heterocycles. The Balaban J connectivity index is 1.63. The van der Waals surface area contributed by atoms with Crippen molar-refractivity contribution in [2.24, 2.45) is 17.8 Å². The van der Waals surface area contributed by atoms with Gasteiger partial charge in [0, 0.05) is 24.5 Å². The van der Waals surface area contributed by atoms with Crippen LogP contribution in [0, 0.1) is 31.6 Å². The first-order chi connectivity index (χ1) is 21.9. The molecule has 1 N–H and O–H groups in total. The number of anilines is 2. The second-order valence-electron chi connectivity index (χ2n) is 13.1. The number of carbonyl (C=O) groups excluding carboxylic acids is 3. The lowest BCUT2D eigenvalue weighted by Gasteiger charge is -2.39. The fourth-order valence-electron chi connectivity index (χ4n) is 8.20. The Morgan fingerprint density at radius 3 is 2.26 bits per heavy atom. The van der Waals surface area contributed by atoms with Crippen molar-refractivity contribution >= 4 is 29.1 Å². The Labute approximate surface area is 272 Å². The molecule has 1 spiro atoms. The molecule has 3 aliphatic rings. The normalized spacial score (nSPS) is 28.5. The molecule has 3 fully saturated rings. The number of nitrogens with zero attached hydrogens (tertiary/aromatic N) is 3. The van der Waals surface area contributed by atoms with E-state index in [4.69, 9.17) is 9.47 Å². The predicted octanol–water partition coefficient (Wildman–Crippen LogP) is 4.83. The van der Waals surface area contributed by atoms with E-state index in [2.05, 4.69) is 13.2 Å². The maximum atomic E-state index is 15.0. The minimum Gasteiger partial charge on any atom is -0.494 e. The van der Waals surface area contributed by atoms with Crippen molar-refractivity contribution in [3.8, 4) is 5.75 Å². The number of carbonyl (C=O) groups is 3. The number of rotatable bonds is 12. The molecular weight excluding hydrogens is 582 g/mol. The third-order valence-corrected chi connectivity index (χ3v) is 10.3. The molecule has 0 aliphatic carbocycles. The molecule has 7 atom stereocenters. The van der Waals surface area contributed by atoms with Gasteiger partial charge < -0.3 is 29.3 Å². The van der Waals surface area contributed by atoms with Gasteiger partial charge in [0.25, 0.3) is 5.91 Å². The van der Waals surface area contributed by atoms with E-state index in [0.717, 1.165) is 16.8 Å². The van der Waals surface area contributed by atoms with Crippen LogP contribution in [-0.4, -0.2) is 77.3 Å². The zero-order chi connectivity index (χ0) is 33.6. The van der Waals surface area contributed by atoms with Crippen molar-refractivity contribution in [2.45, 2.75) is 71.2 Å². The van der Waals surface area contributed by atoms with Crippen LogP contribution in [0.25, 0.3) is 0 Å². The van der Waals surface area contributed by atoms with Crippen LogP contribution in [0.2, 0.25) is 0 Å². The minimum absolute atomic E-state index is 0.135. The van der Waals surface area contributed by atoms with Crippen molar-refractivity contribution in [3.63, 3.8) is 0 Å². The number of amides is 3. The number of hydrogen-bond donors (Lipinski definition) is 1. The third kappa shape index (κ3) is 5.04. The predicted molar refractivity (Wildman–Crippen MR) is 179 cm³/mol. The highest BCUT2D eigenvalue weighted by molar-refractivity contribution is 6.07. The van der Waals surface area contributed by atoms with Gasteiger partial charge in [0.1, 0.15) is 17.4 Å². The number of aliphatic hydroxyl groups is 1. The van der Waals surface area contributed by atoms with E-state index >= 15 is 0 Å². The summed E-state index contributed by atoms with van der Waals surface area (Å²) in [4.78, 5) is 49.2. The Kier molecular flexibility index (Phi) is 9.21. The molecule has 9 heteroatoms. The van der Waals surface area contributed by atoms with Gasteiger partial charge in [-0.2, -0.15) is 0 Å². The SMILES string of the molecule is C=CCN(C(=O)[C@H]1[C@H]2C(=O)N([C@H](C)CO)C(C(=O)N(CC=C)c3c(C)cccc3C)C23CC(C)[C@]1(C)O3)c1ccc(OCC)cc1. The zero-order valence-corrected chi connectivity index (χ0v) is 27.9. The van der Waals surface area contributed by atoms with Crippen LogP contribution in [-0.2, 0) is 19.1 Å². The maximum Gasteiger partial charge on any atom is 0.253 e. The van der Waals surface area contributed by atoms with Crippen LogP contribution in [0.5, 0.6) is 5.75 Å². The largest absolute Gasteiger partial charge is 0.494 e. The highest BCUT2D eigenvalue weighted by atomic mass is 16.5. The molecule has 46 heavy (non-hydrogen) atoms. The summed E-state index contributed by atoms with van der Waals surface area (Å²) >= 11 is 0. The number of benzene rings is 2. The number of likely N-dealkylation sites (tertiary alicyclic amines) is 1. The number of aryl methyl sites for hydroxylation is 2. The second-order valence-corrected chi connectivity index (χ2v) is 13.1. The van der Waals surface area contributed by atoms with E-state index in [1.807, 2.05) is 77.1 Å². The fraction of sp³-hybridized carbons (Fsp3) is 0.486. The first kappa shape index (κ1) is 33.4. The number of hydrogen-bond acceptors (Lipinski definition) is 6. The van der Waals surface area contributed by atoms with Crippen LogP contribution in [0.3, 0.4) is 0 Å². The number of para-hydroxylation sites is 1. The minimum atomic E-state index is -1.26. The lowest BCUT2D eigenvalue weighted by atomic mass is 9.62. The van der Waals surface area contributed by atoms with Gasteiger partial charge in [0.2, 0.25) is 11.8 Å². The molecule has 0 aromatic heterocycles. The van der Waals surface area contributed by atoms with Gasteiger partial charge >= 0.3 is 0 Å². The van der Waals surface area contributed by atoms with Gasteiger partial charge in [0.15, 0.2) is 0 Å². The van der Waals surface area contributed by atoms with E-state index in [0.29, 0.717) is 24.5 Å². The van der Waals surface area contributed by atoms with Gasteiger partial charge in [-0.05, 0) is 82.3 Å². The Hall–Kier alpha value is -3.95. The highest BCUT2D eigenvalue weighted by Crippen LogP contribution is 2.66. The number of ether oxygens (including phenoxy) is 2. The number of fused-ring (bicyclic) bond motifs is 1. The maximum absolute atomic E-state index is 15.0. The average Bonchev–Trinajstić information content (AvgIpc) is 3.55. The molecule has 5 rings (SSSR count). The molecule has 2 aromatic carbocycles. The standard InChI is InChI=1S/C37H47N3O6/c1-9-19-38(27-15-17-28(18-16-27)45-11-3)33(42)29-30-34(43)40(26(7)22-41)32(37(30)21-25(6)36(29,8)46-37)35(44)39(20-10-2)31-23(4)13-12-14-24(31)5/h9-10,12-18,25-26,29-30,32,41H,1-2,11,19-22H2,3-8H3/t25?,26-,29-,30+,32?,36+,37?/m1/s1. The topological polar surface area (TPSA) is 99.6 Å². The van der Waals surface area contributed by atoms with E-state index in [9.17, 15) is 19.5 Å². The summed E-state index contributed by atoms with van der Waals surface area (Å²) in [6.45, 7) is 19.9. The van der Waals surface area contributed by atoms with Crippen LogP contribution in [0.15, 0.2) is 67.8 Å². The Morgan fingerprint density at radius 1 is 1.09 bits per heavy atom. The van der Waals surface area contributed by atoms with Gasteiger partial charge in [-0.15, -0.1) is 13.2 Å². The van der Waals surface area contributed by atoms with Crippen LogP contribution >= 0.6 is 0 Å². The summed E-state index contributed by atoms with van der Waals surface area (Å²) in [6.07, 6.45) is 3.75. The molecule has 2 bridgehead atoms. The van der Waals surface area contributed by atoms with E-state index in [1.54, 1.807) is 28.9 Å². The Bertz CT molecular complexity index is 1500. The van der Waals surface area contributed by atoms with Crippen molar-refractivity contribution in [1.29, 1.82) is 0 Å². The van der Waals surface area contributed by atoms with Crippen molar-refractivity contribution in [3.05, 3.63) is 78.9 Å². The monoisotopic (exact) mass is 629 g/mol. The average molecular weight is 630 g/mol. The van der Waals surface area contributed by atoms with Gasteiger partial charge in [-0.3, -0.25) is 14.4 Å². The molecule has 2 aromatic rings. The molecule has 246 valence electrons. The first-order valence-corrected chi connectivity index (χ1v) is 16.2. The Morgan fingerprint density at radius 2 is 1.70 bits per heavy atom. The molecule has 9 nitrogen and oxygen atoms in total. The van der Waals surface area contributed by atoms with Gasteiger partial charge in [0.05, 0.1) is 36.7 Å². The van der Waals surface area contributed by atoms with Crippen LogP contribution in [0.4, 0.5) is 11.4 Å². The van der Waals surface area contributed by atoms with E-state index in [-0.39, 0.29) is 43.3 Å². The molecular formula is C37H47N3O6. The summed E-state index contributed by atoms with van der Waals surface area (Å²) in [6, 6.07) is 11.4. The summed E-state index contributed by atoms with van der Waals surface area (Å²) in [5.41, 5.74) is 0.958. The lowest BCUT2D eigenvalue weighted by molar-refractivity contribution is -0.148. The molecule has 3 aliphatic heterocycles. The molecule has 3 amide bonds. The van der Waals surface area contributed by atoms with Gasteiger partial charge in [-0.1, -0.05) is 37.3 Å². The third-order valence-electron chi connectivity index (χ3n) is 10.3. The lowest BCUT2D eigenvalue weighted by Crippen LogP contribution is -2.59. The second kappa shape index (κ2) is 12.7. The van der Waals surface area contributed by atoms with Crippen LogP contribution < -0.4 is 14.5 Å². The fourth-order valence-corrected chi connectivity index (χ4v) is 8.20. The highest BCUT2D eigenvalue weighted by Gasteiger charge is 2.80. The van der Waals surface area contributed by atoms with Crippen molar-refractivity contribution in [2.75, 3.05) is 36.1 Å². The summed E-state index contributed by atoms with van der Waals surface area (Å²) in [5, 5.41) is 10.4. The smallest absolute Gasteiger partial charge is 0.253 e. The van der Waals surface area contributed by atoms with Crippen molar-refractivity contribution < 1.29 is 29.0 Å². The van der Waals surface area contributed by atoms with Gasteiger partial charge in [-0.25, -0.2) is 0 Å². The summed E-state index contributed by atoms with van der Waals surface area (Å²) in [7, 11) is 0. The number of aliphatic hydroxyl groups excluding tert-OH is 1. The molecule has 0 radical (unpaired) electrons. The quantitative estimate of drug-likeness (QED) is 0.338. The van der Waals surface area contributed by atoms with Crippen molar-refractivity contribution in [1.82, 2.24) is 4.90 Å². The van der Waals surface area contributed by atoms with E-state index in [1.165, 1.54) is 4.90 Å². The van der Waals surface area contributed by atoms with Crippen LogP contribution in [0.1, 0.15) is 45.2 Å². The zero-order valence-electron chi connectivity index (χ0n) is 27.9. The molecule has 0 saturated carbocycles. The molecule has 3 unspecified atom stereocenters. The first-order valence-electron chi connectivity index (χ1n) is 16.2. The van der Waals surface area contributed by atoms with E-state index < -0.39 is 35.1 Å². The summed E-state index contributed by atoms with van der Waals surface area (Å²) < 4.78 is 12.6. The summed E-state index contributed by atoms with van der Waals surface area (Å²) in [5.74, 6) is -2.15. The molecule has 3 heterocycles.